The minimum absolute atomic E-state index is 0.234. The highest BCUT2D eigenvalue weighted by Crippen LogP contribution is 2.28. The van der Waals surface area contributed by atoms with Gasteiger partial charge in [-0.25, -0.2) is 4.79 Å². The number of nitrogens with zero attached hydrogens (tertiary/aromatic N) is 2. The SMILES string of the molecule is COc1ccc(NC(=O)NCCCN2CCN(c3ccccc3)CC2)c(OC)c1. The van der Waals surface area contributed by atoms with Gasteiger partial charge in [0, 0.05) is 44.5 Å². The number of benzene rings is 2. The van der Waals surface area contributed by atoms with E-state index in [-0.39, 0.29) is 6.03 Å². The van der Waals surface area contributed by atoms with Gasteiger partial charge >= 0.3 is 6.03 Å². The maximum atomic E-state index is 12.2. The molecule has 0 radical (unpaired) electrons. The van der Waals surface area contributed by atoms with E-state index in [4.69, 9.17) is 9.47 Å². The maximum absolute atomic E-state index is 12.2. The van der Waals surface area contributed by atoms with Gasteiger partial charge in [-0.05, 0) is 37.2 Å². The molecule has 2 N–H and O–H groups in total. The zero-order valence-electron chi connectivity index (χ0n) is 17.2. The molecule has 2 aromatic carbocycles. The Morgan fingerprint density at radius 2 is 1.76 bits per heavy atom. The fourth-order valence-electron chi connectivity index (χ4n) is 3.44. The number of ether oxygens (including phenoxy) is 2. The van der Waals surface area contributed by atoms with Crippen molar-refractivity contribution in [3.8, 4) is 11.5 Å². The number of rotatable bonds is 8. The Bertz CT molecular complexity index is 777. The summed E-state index contributed by atoms with van der Waals surface area (Å²) in [6, 6.07) is 15.6. The molecule has 0 spiro atoms. The average molecular weight is 399 g/mol. The Balaban J connectivity index is 1.34. The summed E-state index contributed by atoms with van der Waals surface area (Å²) in [5, 5.41) is 5.74. The molecule has 1 aliphatic rings. The summed E-state index contributed by atoms with van der Waals surface area (Å²) < 4.78 is 10.5. The predicted octanol–water partition coefficient (Wildman–Crippen LogP) is 3.04. The van der Waals surface area contributed by atoms with Crippen LogP contribution in [0.25, 0.3) is 0 Å². The smallest absolute Gasteiger partial charge is 0.319 e. The Labute approximate surface area is 172 Å². The number of amides is 2. The average Bonchev–Trinajstić information content (AvgIpc) is 2.78. The minimum Gasteiger partial charge on any atom is -0.497 e. The second kappa shape index (κ2) is 10.6. The lowest BCUT2D eigenvalue weighted by molar-refractivity contribution is 0.244. The normalized spacial score (nSPS) is 14.3. The highest BCUT2D eigenvalue weighted by atomic mass is 16.5. The number of piperazine rings is 1. The van der Waals surface area contributed by atoms with Gasteiger partial charge in [-0.3, -0.25) is 4.90 Å². The van der Waals surface area contributed by atoms with Crippen LogP contribution in [0.4, 0.5) is 16.2 Å². The summed E-state index contributed by atoms with van der Waals surface area (Å²) in [5.41, 5.74) is 1.90. The summed E-state index contributed by atoms with van der Waals surface area (Å²) in [6.07, 6.45) is 0.915. The molecule has 7 nitrogen and oxygen atoms in total. The molecule has 2 aromatic rings. The monoisotopic (exact) mass is 398 g/mol. The zero-order chi connectivity index (χ0) is 20.5. The van der Waals surface area contributed by atoms with Crippen molar-refractivity contribution in [1.29, 1.82) is 0 Å². The number of methoxy groups -OCH3 is 2. The van der Waals surface area contributed by atoms with Gasteiger partial charge in [0.05, 0.1) is 19.9 Å². The number of nitrogens with one attached hydrogen (secondary N) is 2. The van der Waals surface area contributed by atoms with Crippen molar-refractivity contribution in [2.45, 2.75) is 6.42 Å². The van der Waals surface area contributed by atoms with Crippen LogP contribution in [0.15, 0.2) is 48.5 Å². The summed E-state index contributed by atoms with van der Waals surface area (Å²) in [4.78, 5) is 17.0. The number of carbonyl (C=O) groups excluding carboxylic acids is 1. The summed E-state index contributed by atoms with van der Waals surface area (Å²) in [5.74, 6) is 1.25. The third-order valence-electron chi connectivity index (χ3n) is 5.09. The van der Waals surface area contributed by atoms with Gasteiger partial charge in [0.2, 0.25) is 0 Å². The molecule has 0 saturated carbocycles. The van der Waals surface area contributed by atoms with Crippen molar-refractivity contribution < 1.29 is 14.3 Å². The second-order valence-corrected chi connectivity index (χ2v) is 6.96. The number of para-hydroxylation sites is 1. The first-order valence-electron chi connectivity index (χ1n) is 9.99. The highest BCUT2D eigenvalue weighted by molar-refractivity contribution is 5.91. The number of urea groups is 1. The fourth-order valence-corrected chi connectivity index (χ4v) is 3.44. The van der Waals surface area contributed by atoms with Gasteiger partial charge in [0.25, 0.3) is 0 Å². The fraction of sp³-hybridized carbons (Fsp3) is 0.409. The van der Waals surface area contributed by atoms with Crippen molar-refractivity contribution in [3.05, 3.63) is 48.5 Å². The molecule has 1 saturated heterocycles. The van der Waals surface area contributed by atoms with Gasteiger partial charge in [-0.15, -0.1) is 0 Å². The number of carbonyl (C=O) groups is 1. The van der Waals surface area contributed by atoms with E-state index in [1.165, 1.54) is 5.69 Å². The molecule has 2 amide bonds. The second-order valence-electron chi connectivity index (χ2n) is 6.96. The largest absolute Gasteiger partial charge is 0.497 e. The molecule has 1 heterocycles. The molecular weight excluding hydrogens is 368 g/mol. The molecule has 1 aliphatic heterocycles. The summed E-state index contributed by atoms with van der Waals surface area (Å²) >= 11 is 0. The van der Waals surface area contributed by atoms with Crippen molar-refractivity contribution in [1.82, 2.24) is 10.2 Å². The molecule has 7 heteroatoms. The van der Waals surface area contributed by atoms with Gasteiger partial charge < -0.3 is 25.0 Å². The molecule has 156 valence electrons. The van der Waals surface area contributed by atoms with Crippen molar-refractivity contribution in [2.24, 2.45) is 0 Å². The van der Waals surface area contributed by atoms with E-state index in [0.717, 1.165) is 39.1 Å². The number of anilines is 2. The van der Waals surface area contributed by atoms with Crippen molar-refractivity contribution in [2.75, 3.05) is 63.7 Å². The van der Waals surface area contributed by atoms with Crippen molar-refractivity contribution >= 4 is 17.4 Å². The van der Waals surface area contributed by atoms with Crippen LogP contribution in [0.1, 0.15) is 6.42 Å². The van der Waals surface area contributed by atoms with Crippen LogP contribution >= 0.6 is 0 Å². The lowest BCUT2D eigenvalue weighted by atomic mass is 10.2. The van der Waals surface area contributed by atoms with Crippen LogP contribution in [0.5, 0.6) is 11.5 Å². The van der Waals surface area contributed by atoms with Crippen LogP contribution in [0.3, 0.4) is 0 Å². The predicted molar refractivity (Wildman–Crippen MR) is 116 cm³/mol. The molecule has 29 heavy (non-hydrogen) atoms. The quantitative estimate of drug-likeness (QED) is 0.669. The van der Waals surface area contributed by atoms with E-state index in [2.05, 4.69) is 44.7 Å². The first kappa shape index (κ1) is 20.8. The number of hydrogen-bond acceptors (Lipinski definition) is 5. The van der Waals surface area contributed by atoms with Crippen LogP contribution in [-0.4, -0.2) is 64.4 Å². The lowest BCUT2D eigenvalue weighted by Crippen LogP contribution is -2.47. The Morgan fingerprint density at radius 3 is 2.45 bits per heavy atom. The van der Waals surface area contributed by atoms with E-state index in [9.17, 15) is 4.79 Å². The molecule has 0 unspecified atom stereocenters. The standard InChI is InChI=1S/C22H30N4O3/c1-28-19-9-10-20(21(17-19)29-2)24-22(27)23-11-6-12-25-13-15-26(16-14-25)18-7-4-3-5-8-18/h3-5,7-10,17H,6,11-16H2,1-2H3,(H2,23,24,27). The third-order valence-corrected chi connectivity index (χ3v) is 5.09. The van der Waals surface area contributed by atoms with Gasteiger partial charge in [-0.1, -0.05) is 18.2 Å². The molecule has 3 rings (SSSR count). The minimum atomic E-state index is -0.234. The van der Waals surface area contributed by atoms with Crippen LogP contribution in [-0.2, 0) is 0 Å². The van der Waals surface area contributed by atoms with Gasteiger partial charge in [0.1, 0.15) is 11.5 Å². The topological polar surface area (TPSA) is 66.1 Å². The first-order chi connectivity index (χ1) is 14.2. The number of hydrogen-bond donors (Lipinski definition) is 2. The van der Waals surface area contributed by atoms with E-state index < -0.39 is 0 Å². The third kappa shape index (κ3) is 6.02. The zero-order valence-corrected chi connectivity index (χ0v) is 17.2. The van der Waals surface area contributed by atoms with Crippen LogP contribution in [0.2, 0.25) is 0 Å². The van der Waals surface area contributed by atoms with Gasteiger partial charge in [-0.2, -0.15) is 0 Å². The molecule has 1 fully saturated rings. The Hall–Kier alpha value is -2.93. The molecular formula is C22H30N4O3. The Kier molecular flexibility index (Phi) is 7.58. The molecule has 0 aliphatic carbocycles. The molecule has 0 atom stereocenters. The van der Waals surface area contributed by atoms with Gasteiger partial charge in [0.15, 0.2) is 0 Å². The molecule has 0 bridgehead atoms. The highest BCUT2D eigenvalue weighted by Gasteiger charge is 2.16. The van der Waals surface area contributed by atoms with E-state index in [0.29, 0.717) is 23.7 Å². The van der Waals surface area contributed by atoms with Crippen LogP contribution < -0.4 is 25.0 Å². The van der Waals surface area contributed by atoms with Crippen molar-refractivity contribution in [3.63, 3.8) is 0 Å². The lowest BCUT2D eigenvalue weighted by Gasteiger charge is -2.36. The maximum Gasteiger partial charge on any atom is 0.319 e. The molecule has 0 aromatic heterocycles. The summed E-state index contributed by atoms with van der Waals surface area (Å²) in [6.45, 7) is 5.77. The first-order valence-corrected chi connectivity index (χ1v) is 9.99. The van der Waals surface area contributed by atoms with Crippen LogP contribution in [0, 0.1) is 0 Å². The Morgan fingerprint density at radius 1 is 1.00 bits per heavy atom. The van der Waals surface area contributed by atoms with E-state index in [1.807, 2.05) is 6.07 Å². The van der Waals surface area contributed by atoms with E-state index >= 15 is 0 Å². The summed E-state index contributed by atoms with van der Waals surface area (Å²) in [7, 11) is 3.16. The van der Waals surface area contributed by atoms with E-state index in [1.54, 1.807) is 32.4 Å².